The number of nitrogens with zero attached hydrogens (tertiary/aromatic N) is 1. The monoisotopic (exact) mass is 333 g/mol. The molecule has 0 aromatic carbocycles. The second-order valence-corrected chi connectivity index (χ2v) is 8.75. The van der Waals surface area contributed by atoms with Gasteiger partial charge in [0.25, 0.3) is 0 Å². The summed E-state index contributed by atoms with van der Waals surface area (Å²) in [5.74, 6) is -1.13. The molecule has 1 aromatic heterocycles. The number of aryl methyl sites for hydroxylation is 2. The molecule has 1 aliphatic carbocycles. The number of thiophene rings is 1. The molecule has 0 atom stereocenters. The van der Waals surface area contributed by atoms with E-state index in [2.05, 4.69) is 0 Å². The summed E-state index contributed by atoms with van der Waals surface area (Å²) in [7, 11) is -1.00. The Morgan fingerprint density at radius 1 is 1.48 bits per heavy atom. The zero-order valence-electron chi connectivity index (χ0n) is 12.4. The van der Waals surface area contributed by atoms with Gasteiger partial charge in [-0.1, -0.05) is 0 Å². The van der Waals surface area contributed by atoms with E-state index in [9.17, 15) is 18.3 Å². The number of carboxylic acids is 1. The standard InChI is InChI=1S/C13H19NO5S2/c1-8-5-11(9(2)20-8)21(17,18)14(3)13(12(15)16)6-10(7-13)19-4/h5,10H,6-7H2,1-4H3,(H,15,16). The van der Waals surface area contributed by atoms with Crippen LogP contribution in [0.5, 0.6) is 0 Å². The predicted octanol–water partition coefficient (Wildman–Crippen LogP) is 1.62. The van der Waals surface area contributed by atoms with Crippen molar-refractivity contribution in [1.82, 2.24) is 4.31 Å². The van der Waals surface area contributed by atoms with E-state index in [-0.39, 0.29) is 23.8 Å². The normalized spacial score (nSPS) is 25.9. The third kappa shape index (κ3) is 2.50. The number of aliphatic carboxylic acids is 1. The van der Waals surface area contributed by atoms with Crippen LogP contribution in [0, 0.1) is 13.8 Å². The number of rotatable bonds is 5. The van der Waals surface area contributed by atoms with Crippen LogP contribution in [0.25, 0.3) is 0 Å². The third-order valence-electron chi connectivity index (χ3n) is 4.10. The summed E-state index contributed by atoms with van der Waals surface area (Å²) in [6.07, 6.45) is 0.108. The van der Waals surface area contributed by atoms with E-state index in [1.165, 1.54) is 25.5 Å². The average Bonchev–Trinajstić information content (AvgIpc) is 2.67. The number of methoxy groups -OCH3 is 1. The number of carboxylic acid groups (broad SMARTS) is 1. The quantitative estimate of drug-likeness (QED) is 0.885. The minimum Gasteiger partial charge on any atom is -0.480 e. The maximum absolute atomic E-state index is 12.7. The minimum atomic E-state index is -3.84. The molecule has 0 aliphatic heterocycles. The van der Waals surface area contributed by atoms with Crippen molar-refractivity contribution in [3.63, 3.8) is 0 Å². The first-order valence-electron chi connectivity index (χ1n) is 6.47. The molecule has 2 rings (SSSR count). The molecule has 1 N–H and O–H groups in total. The maximum atomic E-state index is 12.7. The molecule has 1 aliphatic rings. The highest BCUT2D eigenvalue weighted by Gasteiger charge is 2.57. The fraction of sp³-hybridized carbons (Fsp3) is 0.615. The number of carbonyl (C=O) groups is 1. The van der Waals surface area contributed by atoms with Crippen molar-refractivity contribution in [3.05, 3.63) is 15.8 Å². The molecule has 0 radical (unpaired) electrons. The van der Waals surface area contributed by atoms with Gasteiger partial charge in [0.2, 0.25) is 10.0 Å². The second-order valence-electron chi connectivity index (χ2n) is 5.35. The van der Waals surface area contributed by atoms with Crippen LogP contribution in [-0.4, -0.2) is 49.6 Å². The van der Waals surface area contributed by atoms with E-state index in [4.69, 9.17) is 4.74 Å². The lowest BCUT2D eigenvalue weighted by atomic mass is 9.74. The van der Waals surface area contributed by atoms with Gasteiger partial charge in [0, 0.05) is 36.8 Å². The molecule has 8 heteroatoms. The molecule has 0 bridgehead atoms. The molecule has 6 nitrogen and oxygen atoms in total. The largest absolute Gasteiger partial charge is 0.480 e. The summed E-state index contributed by atoms with van der Waals surface area (Å²) >= 11 is 1.39. The summed E-state index contributed by atoms with van der Waals surface area (Å²) in [4.78, 5) is 13.4. The van der Waals surface area contributed by atoms with Crippen molar-refractivity contribution in [3.8, 4) is 0 Å². The van der Waals surface area contributed by atoms with Crippen LogP contribution < -0.4 is 0 Å². The van der Waals surface area contributed by atoms with Gasteiger partial charge in [-0.25, -0.2) is 8.42 Å². The molecule has 1 heterocycles. The van der Waals surface area contributed by atoms with Crippen LogP contribution in [0.2, 0.25) is 0 Å². The number of hydrogen-bond donors (Lipinski definition) is 1. The first kappa shape index (κ1) is 16.4. The van der Waals surface area contributed by atoms with Crippen molar-refractivity contribution < 1.29 is 23.1 Å². The average molecular weight is 333 g/mol. The summed E-state index contributed by atoms with van der Waals surface area (Å²) in [5.41, 5.74) is -1.41. The Morgan fingerprint density at radius 3 is 2.43 bits per heavy atom. The first-order valence-corrected chi connectivity index (χ1v) is 8.73. The Bertz CT molecular complexity index is 658. The van der Waals surface area contributed by atoms with Crippen molar-refractivity contribution in [2.75, 3.05) is 14.2 Å². The fourth-order valence-corrected chi connectivity index (χ4v) is 5.67. The van der Waals surface area contributed by atoms with Gasteiger partial charge in [-0.05, 0) is 19.9 Å². The number of ether oxygens (including phenoxy) is 1. The number of sulfonamides is 1. The lowest BCUT2D eigenvalue weighted by Crippen LogP contribution is -2.64. The van der Waals surface area contributed by atoms with Gasteiger partial charge in [0.1, 0.15) is 5.54 Å². The van der Waals surface area contributed by atoms with Gasteiger partial charge in [0.05, 0.1) is 11.0 Å². The van der Waals surface area contributed by atoms with Crippen molar-refractivity contribution in [1.29, 1.82) is 0 Å². The molecule has 0 saturated heterocycles. The lowest BCUT2D eigenvalue weighted by molar-refractivity contribution is -0.162. The van der Waals surface area contributed by atoms with Gasteiger partial charge in [0.15, 0.2) is 0 Å². The van der Waals surface area contributed by atoms with Crippen LogP contribution in [-0.2, 0) is 19.6 Å². The SMILES string of the molecule is COC1CC(C(=O)O)(N(C)S(=O)(=O)c2cc(C)sc2C)C1. The van der Waals surface area contributed by atoms with E-state index in [1.807, 2.05) is 6.92 Å². The molecule has 0 amide bonds. The molecular weight excluding hydrogens is 314 g/mol. The topological polar surface area (TPSA) is 83.9 Å². The van der Waals surface area contributed by atoms with Crippen molar-refractivity contribution in [2.45, 2.75) is 43.2 Å². The Kier molecular flexibility index (Phi) is 4.18. The number of hydrogen-bond acceptors (Lipinski definition) is 5. The van der Waals surface area contributed by atoms with Gasteiger partial charge in [-0.2, -0.15) is 4.31 Å². The predicted molar refractivity (Wildman–Crippen MR) is 79.1 cm³/mol. The summed E-state index contributed by atoms with van der Waals surface area (Å²) in [6, 6.07) is 1.59. The van der Waals surface area contributed by atoms with Gasteiger partial charge >= 0.3 is 5.97 Å². The highest BCUT2D eigenvalue weighted by atomic mass is 32.2. The lowest BCUT2D eigenvalue weighted by Gasteiger charge is -2.47. The summed E-state index contributed by atoms with van der Waals surface area (Å²) in [5, 5.41) is 9.49. The number of likely N-dealkylation sites (N-methyl/N-ethyl adjacent to an activating group) is 1. The van der Waals surface area contributed by atoms with E-state index in [1.54, 1.807) is 13.0 Å². The fourth-order valence-electron chi connectivity index (χ4n) is 2.67. The molecule has 0 unspecified atom stereocenters. The summed E-state index contributed by atoms with van der Waals surface area (Å²) in [6.45, 7) is 3.55. The van der Waals surface area contributed by atoms with E-state index < -0.39 is 21.5 Å². The molecule has 0 spiro atoms. The Hall–Kier alpha value is -0.960. The minimum absolute atomic E-state index is 0.163. The van der Waals surface area contributed by atoms with Gasteiger partial charge in [-0.3, -0.25) is 4.79 Å². The summed E-state index contributed by atoms with van der Waals surface area (Å²) < 4.78 is 31.6. The van der Waals surface area contributed by atoms with Gasteiger partial charge < -0.3 is 9.84 Å². The first-order chi connectivity index (χ1) is 9.65. The van der Waals surface area contributed by atoms with Crippen LogP contribution in [0.3, 0.4) is 0 Å². The molecule has 21 heavy (non-hydrogen) atoms. The van der Waals surface area contributed by atoms with Crippen molar-refractivity contribution in [2.24, 2.45) is 0 Å². The maximum Gasteiger partial charge on any atom is 0.325 e. The molecule has 118 valence electrons. The highest BCUT2D eigenvalue weighted by Crippen LogP contribution is 2.42. The zero-order chi connectivity index (χ0) is 16.0. The Labute approximate surface area is 128 Å². The van der Waals surface area contributed by atoms with Crippen molar-refractivity contribution >= 4 is 27.3 Å². The highest BCUT2D eigenvalue weighted by molar-refractivity contribution is 7.89. The third-order valence-corrected chi connectivity index (χ3v) is 7.24. The zero-order valence-corrected chi connectivity index (χ0v) is 14.0. The second kappa shape index (κ2) is 5.35. The van der Waals surface area contributed by atoms with E-state index in [0.717, 1.165) is 9.18 Å². The molecule has 1 fully saturated rings. The van der Waals surface area contributed by atoms with Crippen LogP contribution in [0.15, 0.2) is 11.0 Å². The Balaban J connectivity index is 2.40. The molecule has 1 aromatic rings. The van der Waals surface area contributed by atoms with Crippen LogP contribution >= 0.6 is 11.3 Å². The van der Waals surface area contributed by atoms with Crippen LogP contribution in [0.4, 0.5) is 0 Å². The smallest absolute Gasteiger partial charge is 0.325 e. The molecular formula is C13H19NO5S2. The van der Waals surface area contributed by atoms with Gasteiger partial charge in [-0.15, -0.1) is 11.3 Å². The molecule has 1 saturated carbocycles. The van der Waals surface area contributed by atoms with Crippen LogP contribution in [0.1, 0.15) is 22.6 Å². The van der Waals surface area contributed by atoms with E-state index in [0.29, 0.717) is 4.88 Å². The Morgan fingerprint density at radius 2 is 2.05 bits per heavy atom. The van der Waals surface area contributed by atoms with E-state index >= 15 is 0 Å².